The Morgan fingerprint density at radius 1 is 0.966 bits per heavy atom. The zero-order valence-corrected chi connectivity index (χ0v) is 37.7. The van der Waals surface area contributed by atoms with Gasteiger partial charge < -0.3 is 42.5 Å². The summed E-state index contributed by atoms with van der Waals surface area (Å²) in [5.41, 5.74) is 2.82. The Balaban J connectivity index is 1.28. The molecular weight excluding hydrogens is 806 g/mol. The Kier molecular flexibility index (Phi) is 15.1. The fourth-order valence-corrected chi connectivity index (χ4v) is 14.6. The summed E-state index contributed by atoms with van der Waals surface area (Å²) >= 11 is 0. The SMILES string of the molecule is CCOP(=O)(COc1ccc2c(c1)CN(C[C@H](NC(=O)O[C@H]1CO[C@H]3OCC[C@H]31)[C@@H](CN1CC(C)c3cc(OC)ccc3S1(=O)=O)O[Si](CC)(CC)CC)C2)OCC. The highest BCUT2D eigenvalue weighted by molar-refractivity contribution is 7.89. The van der Waals surface area contributed by atoms with Crippen LogP contribution in [-0.4, -0.2) is 116 Å². The molecule has 0 saturated carbocycles. The average Bonchev–Trinajstić information content (AvgIpc) is 3.95. The van der Waals surface area contributed by atoms with Crippen molar-refractivity contribution in [1.29, 1.82) is 0 Å². The van der Waals surface area contributed by atoms with E-state index in [-0.39, 0.29) is 62.3 Å². The zero-order valence-electron chi connectivity index (χ0n) is 35.0. The number of nitrogens with one attached hydrogen (secondary N) is 1. The van der Waals surface area contributed by atoms with E-state index in [9.17, 15) is 17.8 Å². The largest absolute Gasteiger partial charge is 0.497 e. The highest BCUT2D eigenvalue weighted by atomic mass is 32.2. The Morgan fingerprint density at radius 2 is 1.67 bits per heavy atom. The third-order valence-electron chi connectivity index (χ3n) is 12.0. The first-order valence-corrected chi connectivity index (χ1v) is 26.4. The van der Waals surface area contributed by atoms with Crippen molar-refractivity contribution < 1.29 is 54.9 Å². The molecule has 0 radical (unpaired) electrons. The number of rotatable bonds is 20. The summed E-state index contributed by atoms with van der Waals surface area (Å²) < 4.78 is 90.3. The minimum Gasteiger partial charge on any atom is -0.497 e. The van der Waals surface area contributed by atoms with E-state index in [0.29, 0.717) is 37.7 Å². The van der Waals surface area contributed by atoms with Gasteiger partial charge in [0.15, 0.2) is 21.0 Å². The van der Waals surface area contributed by atoms with Gasteiger partial charge in [-0.25, -0.2) is 13.2 Å². The number of ether oxygens (including phenoxy) is 5. The molecule has 1 unspecified atom stereocenters. The number of nitrogens with zero attached hydrogens (tertiary/aromatic N) is 2. The summed E-state index contributed by atoms with van der Waals surface area (Å²) in [6, 6.07) is 12.7. The van der Waals surface area contributed by atoms with Gasteiger partial charge in [-0.15, -0.1) is 0 Å². The topological polar surface area (TPSA) is 161 Å². The lowest BCUT2D eigenvalue weighted by atomic mass is 10.00. The van der Waals surface area contributed by atoms with Crippen molar-refractivity contribution in [2.75, 3.05) is 59.5 Å². The normalized spacial score (nSPS) is 24.1. The molecule has 4 heterocycles. The van der Waals surface area contributed by atoms with Crippen molar-refractivity contribution in [3.05, 3.63) is 53.1 Å². The lowest BCUT2D eigenvalue weighted by molar-refractivity contribution is -0.0907. The smallest absolute Gasteiger partial charge is 0.407 e. The highest BCUT2D eigenvalue weighted by Gasteiger charge is 2.46. The van der Waals surface area contributed by atoms with Crippen LogP contribution < -0.4 is 14.8 Å². The van der Waals surface area contributed by atoms with Gasteiger partial charge in [0.2, 0.25) is 10.0 Å². The predicted molar refractivity (Wildman–Crippen MR) is 220 cm³/mol. The van der Waals surface area contributed by atoms with E-state index in [0.717, 1.165) is 41.2 Å². The number of benzene rings is 2. The van der Waals surface area contributed by atoms with Crippen LogP contribution in [0.2, 0.25) is 18.1 Å². The summed E-state index contributed by atoms with van der Waals surface area (Å²) in [5, 5.41) is 3.18. The first-order valence-electron chi connectivity index (χ1n) is 20.7. The molecular formula is C40H62N3O12PSSi. The molecule has 2 saturated heterocycles. The van der Waals surface area contributed by atoms with Gasteiger partial charge in [0, 0.05) is 32.7 Å². The van der Waals surface area contributed by atoms with Crippen molar-refractivity contribution >= 4 is 32.0 Å². The number of hydrogen-bond acceptors (Lipinski definition) is 13. The second-order valence-electron chi connectivity index (χ2n) is 15.6. The second-order valence-corrected chi connectivity index (χ2v) is 24.2. The zero-order chi connectivity index (χ0) is 41.7. The van der Waals surface area contributed by atoms with Crippen LogP contribution in [0, 0.1) is 5.92 Å². The number of carbonyl (C=O) groups is 1. The van der Waals surface area contributed by atoms with E-state index in [2.05, 4.69) is 31.0 Å². The van der Waals surface area contributed by atoms with E-state index in [1.165, 1.54) is 4.31 Å². The number of amides is 1. The molecule has 15 nitrogen and oxygen atoms in total. The van der Waals surface area contributed by atoms with Crippen LogP contribution in [-0.2, 0) is 55.4 Å². The van der Waals surface area contributed by atoms with Crippen LogP contribution in [0.4, 0.5) is 4.79 Å². The van der Waals surface area contributed by atoms with Crippen molar-refractivity contribution in [3.63, 3.8) is 0 Å². The molecule has 0 bridgehead atoms. The van der Waals surface area contributed by atoms with Crippen LogP contribution in [0.1, 0.15) is 70.6 Å². The molecule has 2 aromatic carbocycles. The van der Waals surface area contributed by atoms with Gasteiger partial charge in [0.05, 0.1) is 56.5 Å². The molecule has 4 aliphatic rings. The molecule has 1 N–H and O–H groups in total. The van der Waals surface area contributed by atoms with Crippen molar-refractivity contribution in [3.8, 4) is 11.5 Å². The van der Waals surface area contributed by atoms with Crippen LogP contribution in [0.3, 0.4) is 0 Å². The molecule has 2 aromatic rings. The molecule has 0 spiro atoms. The molecule has 0 aromatic heterocycles. The first-order chi connectivity index (χ1) is 27.8. The summed E-state index contributed by atoms with van der Waals surface area (Å²) in [5.74, 6) is 0.989. The maximum Gasteiger partial charge on any atom is 0.407 e. The van der Waals surface area contributed by atoms with Gasteiger partial charge in [0.25, 0.3) is 0 Å². The van der Waals surface area contributed by atoms with Crippen molar-refractivity contribution in [2.45, 2.75) is 115 Å². The second kappa shape index (κ2) is 19.4. The van der Waals surface area contributed by atoms with Gasteiger partial charge in [0.1, 0.15) is 17.6 Å². The molecule has 58 heavy (non-hydrogen) atoms. The molecule has 324 valence electrons. The van der Waals surface area contributed by atoms with Crippen LogP contribution in [0.15, 0.2) is 41.3 Å². The molecule has 0 aliphatic carbocycles. The Bertz CT molecular complexity index is 1870. The van der Waals surface area contributed by atoms with E-state index < -0.39 is 50.3 Å². The van der Waals surface area contributed by atoms with Gasteiger partial charge in [-0.3, -0.25) is 9.46 Å². The first kappa shape index (κ1) is 45.0. The van der Waals surface area contributed by atoms with Gasteiger partial charge in [-0.1, -0.05) is 33.8 Å². The van der Waals surface area contributed by atoms with E-state index >= 15 is 0 Å². The van der Waals surface area contributed by atoms with Gasteiger partial charge >= 0.3 is 13.7 Å². The van der Waals surface area contributed by atoms with Crippen molar-refractivity contribution in [2.24, 2.45) is 5.92 Å². The van der Waals surface area contributed by atoms with E-state index in [1.54, 1.807) is 39.2 Å². The lowest BCUT2D eigenvalue weighted by Crippen LogP contribution is -2.59. The Morgan fingerprint density at radius 3 is 2.36 bits per heavy atom. The summed E-state index contributed by atoms with van der Waals surface area (Å²) in [6.07, 6.45) is -1.62. The molecule has 6 atom stereocenters. The summed E-state index contributed by atoms with van der Waals surface area (Å²) in [6.45, 7) is 15.0. The minimum atomic E-state index is -3.93. The van der Waals surface area contributed by atoms with Crippen molar-refractivity contribution in [1.82, 2.24) is 14.5 Å². The summed E-state index contributed by atoms with van der Waals surface area (Å²) in [7, 11) is -8.16. The third kappa shape index (κ3) is 10.1. The standard InChI is InChI=1S/C40H62N3O12PSSi/c1-8-52-56(45,53-9-2)27-51-32-14-13-29-22-42(23-30(29)19-32)24-35(41-40(44)54-37-26-50-39-33(37)17-18-49-39)36(55-58(10-3,11-4)12-5)25-43-21-28(6)34-20-31(48-7)15-16-38(34)57(43,46)47/h13-16,19-20,28,33,35-37,39H,8-12,17-18,21-27H2,1-7H3,(H,41,44)/t28?,33-,35-,36+,37-,39+/m0/s1. The predicted octanol–water partition coefficient (Wildman–Crippen LogP) is 6.67. The fraction of sp³-hybridized carbons (Fsp3) is 0.675. The number of hydrogen-bond donors (Lipinski definition) is 1. The fourth-order valence-electron chi connectivity index (χ4n) is 8.58. The molecule has 2 fully saturated rings. The maximum atomic E-state index is 14.4. The van der Waals surface area contributed by atoms with Crippen LogP contribution >= 0.6 is 7.60 Å². The molecule has 6 rings (SSSR count). The van der Waals surface area contributed by atoms with Gasteiger partial charge in [-0.05, 0) is 91.3 Å². The summed E-state index contributed by atoms with van der Waals surface area (Å²) in [4.78, 5) is 16.4. The monoisotopic (exact) mass is 867 g/mol. The molecule has 18 heteroatoms. The molecule has 4 aliphatic heterocycles. The number of carbonyl (C=O) groups excluding carboxylic acids is 1. The Labute approximate surface area is 345 Å². The van der Waals surface area contributed by atoms with E-state index in [1.807, 2.05) is 25.1 Å². The number of methoxy groups -OCH3 is 1. The Hall–Kier alpha value is -2.57. The molecule has 1 amide bonds. The van der Waals surface area contributed by atoms with Gasteiger partial charge in [-0.2, -0.15) is 4.31 Å². The van der Waals surface area contributed by atoms with Crippen LogP contribution in [0.25, 0.3) is 0 Å². The average molecular weight is 868 g/mol. The maximum absolute atomic E-state index is 14.4. The third-order valence-corrected chi connectivity index (χ3v) is 20.3. The number of sulfonamides is 1. The minimum absolute atomic E-state index is 0.0431. The lowest BCUT2D eigenvalue weighted by Gasteiger charge is -2.41. The quantitative estimate of drug-likeness (QED) is 0.111. The number of alkyl carbamates (subject to hydrolysis) is 1. The van der Waals surface area contributed by atoms with Crippen LogP contribution in [0.5, 0.6) is 11.5 Å². The highest BCUT2D eigenvalue weighted by Crippen LogP contribution is 2.48. The van der Waals surface area contributed by atoms with E-state index in [4.69, 9.17) is 37.2 Å². The number of fused-ring (bicyclic) bond motifs is 3.